The van der Waals surface area contributed by atoms with Gasteiger partial charge in [-0.1, -0.05) is 17.7 Å². The summed E-state index contributed by atoms with van der Waals surface area (Å²) in [5.74, 6) is 0.558. The second kappa shape index (κ2) is 3.24. The van der Waals surface area contributed by atoms with Crippen molar-refractivity contribution in [3.63, 3.8) is 0 Å². The van der Waals surface area contributed by atoms with Crippen molar-refractivity contribution < 1.29 is 4.79 Å². The lowest BCUT2D eigenvalue weighted by Gasteiger charge is -2.27. The van der Waals surface area contributed by atoms with Crippen molar-refractivity contribution in [2.24, 2.45) is 5.92 Å². The molecular formula is C12H12ClNO. The molecule has 1 heterocycles. The van der Waals surface area contributed by atoms with Crippen LogP contribution in [0.25, 0.3) is 0 Å². The fourth-order valence-electron chi connectivity index (χ4n) is 2.76. The van der Waals surface area contributed by atoms with Crippen LogP contribution in [0.5, 0.6) is 0 Å². The average molecular weight is 222 g/mol. The lowest BCUT2D eigenvalue weighted by Crippen LogP contribution is -2.36. The van der Waals surface area contributed by atoms with Gasteiger partial charge in [0.25, 0.3) is 0 Å². The Balaban J connectivity index is 1.98. The fourth-order valence-corrected chi connectivity index (χ4v) is 2.94. The summed E-state index contributed by atoms with van der Waals surface area (Å²) in [6.45, 7) is 0. The van der Waals surface area contributed by atoms with E-state index in [-0.39, 0.29) is 11.8 Å². The Labute approximate surface area is 93.8 Å². The molecule has 2 bridgehead atoms. The maximum absolute atomic E-state index is 12.0. The molecule has 2 unspecified atom stereocenters. The number of rotatable bonds is 1. The standard InChI is InChI=1S/C12H12ClNO/c13-9-2-1-3-10(7-9)14-11-5-4-8(6-11)12(14)15/h1-3,7-8,11H,4-6H2. The molecule has 15 heavy (non-hydrogen) atoms. The molecule has 0 N–H and O–H groups in total. The van der Waals surface area contributed by atoms with Gasteiger partial charge in [-0.15, -0.1) is 0 Å². The Hall–Kier alpha value is -1.02. The average Bonchev–Trinajstić information content (AvgIpc) is 2.77. The minimum atomic E-state index is 0.272. The molecule has 0 spiro atoms. The fraction of sp³-hybridized carbons (Fsp3) is 0.417. The van der Waals surface area contributed by atoms with Crippen LogP contribution < -0.4 is 4.90 Å². The van der Waals surface area contributed by atoms with Crippen molar-refractivity contribution >= 4 is 23.2 Å². The summed E-state index contributed by atoms with van der Waals surface area (Å²) in [4.78, 5) is 13.9. The van der Waals surface area contributed by atoms with Crippen LogP contribution in [0, 0.1) is 5.92 Å². The third kappa shape index (κ3) is 1.36. The van der Waals surface area contributed by atoms with E-state index < -0.39 is 0 Å². The van der Waals surface area contributed by atoms with Gasteiger partial charge in [0.05, 0.1) is 0 Å². The highest BCUT2D eigenvalue weighted by Gasteiger charge is 2.45. The Morgan fingerprint density at radius 2 is 2.20 bits per heavy atom. The predicted octanol–water partition coefficient (Wildman–Crippen LogP) is 2.86. The van der Waals surface area contributed by atoms with Gasteiger partial charge < -0.3 is 4.90 Å². The van der Waals surface area contributed by atoms with Gasteiger partial charge in [-0.05, 0) is 37.5 Å². The van der Waals surface area contributed by atoms with Gasteiger partial charge in [0.15, 0.2) is 0 Å². The molecule has 78 valence electrons. The van der Waals surface area contributed by atoms with E-state index in [4.69, 9.17) is 11.6 Å². The van der Waals surface area contributed by atoms with Crippen molar-refractivity contribution in [1.29, 1.82) is 0 Å². The number of carbonyl (C=O) groups is 1. The molecule has 2 aliphatic rings. The molecule has 1 aromatic rings. The minimum Gasteiger partial charge on any atom is -0.309 e. The molecule has 0 radical (unpaired) electrons. The van der Waals surface area contributed by atoms with Crippen LogP contribution in [0.1, 0.15) is 19.3 Å². The molecule has 1 saturated carbocycles. The van der Waals surface area contributed by atoms with Crippen molar-refractivity contribution in [3.8, 4) is 0 Å². The van der Waals surface area contributed by atoms with E-state index in [1.54, 1.807) is 0 Å². The summed E-state index contributed by atoms with van der Waals surface area (Å²) in [5, 5.41) is 0.697. The molecular weight excluding hydrogens is 210 g/mol. The van der Waals surface area contributed by atoms with Crippen LogP contribution in [0.15, 0.2) is 24.3 Å². The second-order valence-electron chi connectivity index (χ2n) is 4.35. The van der Waals surface area contributed by atoms with E-state index in [1.165, 1.54) is 0 Å². The molecule has 1 aliphatic carbocycles. The van der Waals surface area contributed by atoms with Crippen LogP contribution in [0.3, 0.4) is 0 Å². The first-order chi connectivity index (χ1) is 7.25. The molecule has 0 aromatic heterocycles. The first-order valence-corrected chi connectivity index (χ1v) is 5.72. The number of anilines is 1. The van der Waals surface area contributed by atoms with E-state index in [1.807, 2.05) is 29.2 Å². The minimum absolute atomic E-state index is 0.272. The van der Waals surface area contributed by atoms with Crippen LogP contribution in [-0.2, 0) is 4.79 Å². The third-order valence-corrected chi connectivity index (χ3v) is 3.68. The van der Waals surface area contributed by atoms with E-state index in [2.05, 4.69) is 0 Å². The quantitative estimate of drug-likeness (QED) is 0.714. The number of halogens is 1. The number of nitrogens with zero attached hydrogens (tertiary/aromatic N) is 1. The van der Waals surface area contributed by atoms with Gasteiger partial charge in [-0.3, -0.25) is 4.79 Å². The molecule has 1 saturated heterocycles. The van der Waals surface area contributed by atoms with Gasteiger partial charge in [0, 0.05) is 22.7 Å². The molecule has 1 amide bonds. The van der Waals surface area contributed by atoms with Gasteiger partial charge in [0.1, 0.15) is 0 Å². The number of fused-ring (bicyclic) bond motifs is 2. The van der Waals surface area contributed by atoms with Crippen molar-refractivity contribution in [3.05, 3.63) is 29.3 Å². The highest BCUT2D eigenvalue weighted by atomic mass is 35.5. The molecule has 1 aliphatic heterocycles. The lowest BCUT2D eigenvalue weighted by atomic mass is 10.1. The van der Waals surface area contributed by atoms with Crippen LogP contribution in [0.4, 0.5) is 5.69 Å². The molecule has 3 rings (SSSR count). The maximum atomic E-state index is 12.0. The Kier molecular flexibility index (Phi) is 1.99. The van der Waals surface area contributed by atoms with Gasteiger partial charge in [0.2, 0.25) is 5.91 Å². The molecule has 1 aromatic carbocycles. The van der Waals surface area contributed by atoms with E-state index in [0.29, 0.717) is 11.1 Å². The van der Waals surface area contributed by atoms with E-state index >= 15 is 0 Å². The number of carbonyl (C=O) groups excluding carboxylic acids is 1. The first kappa shape index (κ1) is 9.22. The highest BCUT2D eigenvalue weighted by Crippen LogP contribution is 2.41. The Bertz CT molecular complexity index is 418. The molecule has 3 heteroatoms. The molecule has 2 nitrogen and oxygen atoms in total. The zero-order valence-electron chi connectivity index (χ0n) is 8.32. The zero-order chi connectivity index (χ0) is 10.4. The van der Waals surface area contributed by atoms with E-state index in [9.17, 15) is 4.79 Å². The Morgan fingerprint density at radius 1 is 1.33 bits per heavy atom. The number of hydrogen-bond acceptors (Lipinski definition) is 1. The number of benzene rings is 1. The summed E-state index contributed by atoms with van der Waals surface area (Å²) >= 11 is 5.94. The van der Waals surface area contributed by atoms with Crippen LogP contribution in [-0.4, -0.2) is 11.9 Å². The summed E-state index contributed by atoms with van der Waals surface area (Å²) in [6, 6.07) is 7.99. The molecule has 2 fully saturated rings. The molecule has 2 atom stereocenters. The smallest absolute Gasteiger partial charge is 0.230 e. The van der Waals surface area contributed by atoms with Crippen molar-refractivity contribution in [2.75, 3.05) is 4.90 Å². The van der Waals surface area contributed by atoms with Gasteiger partial charge in [-0.25, -0.2) is 0 Å². The largest absolute Gasteiger partial charge is 0.309 e. The lowest BCUT2D eigenvalue weighted by molar-refractivity contribution is -0.121. The number of amides is 1. The normalized spacial score (nSPS) is 28.9. The summed E-state index contributed by atoms with van der Waals surface area (Å²) in [6.07, 6.45) is 3.24. The monoisotopic (exact) mass is 221 g/mol. The summed E-state index contributed by atoms with van der Waals surface area (Å²) in [7, 11) is 0. The predicted molar refractivity (Wildman–Crippen MR) is 60.1 cm³/mol. The SMILES string of the molecule is O=C1C2CCC(C2)N1c1cccc(Cl)c1. The van der Waals surface area contributed by atoms with Crippen molar-refractivity contribution in [2.45, 2.75) is 25.3 Å². The third-order valence-electron chi connectivity index (χ3n) is 3.44. The first-order valence-electron chi connectivity index (χ1n) is 5.34. The zero-order valence-corrected chi connectivity index (χ0v) is 9.07. The second-order valence-corrected chi connectivity index (χ2v) is 4.79. The topological polar surface area (TPSA) is 20.3 Å². The number of hydrogen-bond donors (Lipinski definition) is 0. The summed E-state index contributed by atoms with van der Waals surface area (Å²) in [5.41, 5.74) is 0.958. The summed E-state index contributed by atoms with van der Waals surface area (Å²) < 4.78 is 0. The van der Waals surface area contributed by atoms with E-state index in [0.717, 1.165) is 24.9 Å². The van der Waals surface area contributed by atoms with Crippen LogP contribution >= 0.6 is 11.6 Å². The van der Waals surface area contributed by atoms with Crippen molar-refractivity contribution in [1.82, 2.24) is 0 Å². The maximum Gasteiger partial charge on any atom is 0.230 e. The van der Waals surface area contributed by atoms with Crippen LogP contribution in [0.2, 0.25) is 5.02 Å². The highest BCUT2D eigenvalue weighted by molar-refractivity contribution is 6.31. The Morgan fingerprint density at radius 3 is 2.87 bits per heavy atom. The van der Waals surface area contributed by atoms with Gasteiger partial charge in [-0.2, -0.15) is 0 Å². The number of piperidine rings is 1. The van der Waals surface area contributed by atoms with Gasteiger partial charge >= 0.3 is 0 Å².